The zero-order valence-electron chi connectivity index (χ0n) is 8.27. The van der Waals surface area contributed by atoms with Crippen molar-refractivity contribution in [3.63, 3.8) is 0 Å². The van der Waals surface area contributed by atoms with Gasteiger partial charge in [0.25, 0.3) is 0 Å². The van der Waals surface area contributed by atoms with E-state index in [1.165, 1.54) is 37.7 Å². The molecule has 0 atom stereocenters. The lowest BCUT2D eigenvalue weighted by Crippen LogP contribution is -1.82. The Hall–Kier alpha value is -0.520. The summed E-state index contributed by atoms with van der Waals surface area (Å²) < 4.78 is 0. The Kier molecular flexibility index (Phi) is 4.13. The molecule has 0 bridgehead atoms. The smallest absolute Gasteiger partial charge is 0.00835 e. The highest BCUT2D eigenvalue weighted by atomic mass is 14.1. The van der Waals surface area contributed by atoms with Gasteiger partial charge in [0, 0.05) is 6.42 Å². The summed E-state index contributed by atoms with van der Waals surface area (Å²) in [7, 11) is 0. The van der Waals surface area contributed by atoms with Crippen LogP contribution in [0.15, 0.2) is 23.3 Å². The molecular formula is C12H19. The molecule has 12 heavy (non-hydrogen) atoms. The van der Waals surface area contributed by atoms with Crippen LogP contribution in [-0.2, 0) is 0 Å². The fourth-order valence-electron chi connectivity index (χ4n) is 1.57. The molecule has 1 radical (unpaired) electrons. The lowest BCUT2D eigenvalue weighted by molar-refractivity contribution is 0.667. The summed E-state index contributed by atoms with van der Waals surface area (Å²) in [5.41, 5.74) is 3.01. The summed E-state index contributed by atoms with van der Waals surface area (Å²) in [6, 6.07) is 0. The number of hydrogen-bond acceptors (Lipinski definition) is 0. The van der Waals surface area contributed by atoms with Gasteiger partial charge < -0.3 is 0 Å². The van der Waals surface area contributed by atoms with E-state index in [9.17, 15) is 0 Å². The Labute approximate surface area is 76.4 Å². The third kappa shape index (κ3) is 2.84. The molecule has 1 rings (SSSR count). The van der Waals surface area contributed by atoms with Crippen LogP contribution in [-0.4, -0.2) is 0 Å². The second kappa shape index (κ2) is 5.18. The van der Waals surface area contributed by atoms with Crippen LogP contribution in [0.3, 0.4) is 0 Å². The molecule has 0 N–H and O–H groups in total. The van der Waals surface area contributed by atoms with Gasteiger partial charge in [0.05, 0.1) is 0 Å². The van der Waals surface area contributed by atoms with Crippen LogP contribution in [0.5, 0.6) is 0 Å². The van der Waals surface area contributed by atoms with Crippen molar-refractivity contribution in [2.24, 2.45) is 0 Å². The molecule has 0 spiro atoms. The zero-order valence-corrected chi connectivity index (χ0v) is 8.27. The van der Waals surface area contributed by atoms with E-state index in [1.807, 2.05) is 0 Å². The van der Waals surface area contributed by atoms with Crippen molar-refractivity contribution in [2.75, 3.05) is 0 Å². The van der Waals surface area contributed by atoms with Crippen molar-refractivity contribution in [2.45, 2.75) is 46.0 Å². The maximum atomic E-state index is 2.26. The first-order valence-corrected chi connectivity index (χ1v) is 5.05. The van der Waals surface area contributed by atoms with Gasteiger partial charge in [-0.25, -0.2) is 0 Å². The fraction of sp³-hybridized carbons (Fsp3) is 0.583. The quantitative estimate of drug-likeness (QED) is 0.536. The van der Waals surface area contributed by atoms with Crippen LogP contribution in [0.2, 0.25) is 0 Å². The third-order valence-electron chi connectivity index (χ3n) is 2.45. The molecule has 0 unspecified atom stereocenters. The van der Waals surface area contributed by atoms with Gasteiger partial charge in [0.1, 0.15) is 0 Å². The summed E-state index contributed by atoms with van der Waals surface area (Å²) in [5, 5.41) is 0. The van der Waals surface area contributed by atoms with E-state index in [1.54, 1.807) is 5.57 Å². The van der Waals surface area contributed by atoms with E-state index >= 15 is 0 Å². The van der Waals surface area contributed by atoms with Gasteiger partial charge in [-0.1, -0.05) is 43.9 Å². The molecule has 0 aromatic heterocycles. The van der Waals surface area contributed by atoms with Gasteiger partial charge in [-0.3, -0.25) is 0 Å². The van der Waals surface area contributed by atoms with E-state index in [4.69, 9.17) is 0 Å². The van der Waals surface area contributed by atoms with Crippen molar-refractivity contribution in [1.82, 2.24) is 0 Å². The molecule has 67 valence electrons. The minimum atomic E-state index is 1.28. The molecular weight excluding hydrogens is 144 g/mol. The van der Waals surface area contributed by atoms with Crippen molar-refractivity contribution < 1.29 is 0 Å². The van der Waals surface area contributed by atoms with Crippen molar-refractivity contribution in [1.29, 1.82) is 0 Å². The Bertz CT molecular complexity index is 184. The first-order chi connectivity index (χ1) is 5.84. The Balaban J connectivity index is 2.14. The Morgan fingerprint density at radius 3 is 2.58 bits per heavy atom. The van der Waals surface area contributed by atoms with Crippen LogP contribution in [0.1, 0.15) is 46.0 Å². The van der Waals surface area contributed by atoms with Crippen LogP contribution in [0.4, 0.5) is 0 Å². The average Bonchev–Trinajstić information content (AvgIpc) is 2.46. The van der Waals surface area contributed by atoms with Crippen LogP contribution < -0.4 is 0 Å². The number of allylic oxidation sites excluding steroid dienone is 4. The first-order valence-electron chi connectivity index (χ1n) is 5.05. The van der Waals surface area contributed by atoms with E-state index in [0.717, 1.165) is 0 Å². The highest BCUT2D eigenvalue weighted by Gasteiger charge is 2.03. The lowest BCUT2D eigenvalue weighted by Gasteiger charge is -2.01. The van der Waals surface area contributed by atoms with Crippen molar-refractivity contribution in [3.8, 4) is 0 Å². The monoisotopic (exact) mass is 163 g/mol. The normalized spacial score (nSPS) is 16.2. The predicted octanol–water partition coefficient (Wildman–Crippen LogP) is 4.05. The highest BCUT2D eigenvalue weighted by Crippen LogP contribution is 2.22. The molecule has 0 fully saturated rings. The zero-order chi connectivity index (χ0) is 8.81. The van der Waals surface area contributed by atoms with E-state index in [-0.39, 0.29) is 0 Å². The maximum Gasteiger partial charge on any atom is 0.00835 e. The molecule has 0 saturated carbocycles. The topological polar surface area (TPSA) is 0 Å². The minimum absolute atomic E-state index is 1.28. The van der Waals surface area contributed by atoms with Gasteiger partial charge in [-0.15, -0.1) is 0 Å². The van der Waals surface area contributed by atoms with Crippen LogP contribution >= 0.6 is 0 Å². The van der Waals surface area contributed by atoms with Crippen molar-refractivity contribution in [3.05, 3.63) is 29.7 Å². The Morgan fingerprint density at radius 1 is 1.17 bits per heavy atom. The standard InChI is InChI=1S/C12H19/c1-3-4-5-6-9-12-10-7-8-11(12)2/h7-8,10H,3-6,9H2,1-2H3. The average molecular weight is 163 g/mol. The molecule has 0 heterocycles. The molecule has 0 amide bonds. The van der Waals surface area contributed by atoms with E-state index in [2.05, 4.69) is 32.4 Å². The van der Waals surface area contributed by atoms with Gasteiger partial charge >= 0.3 is 0 Å². The van der Waals surface area contributed by atoms with Gasteiger partial charge in [-0.2, -0.15) is 0 Å². The highest BCUT2D eigenvalue weighted by molar-refractivity contribution is 5.40. The summed E-state index contributed by atoms with van der Waals surface area (Å²) in [6.45, 7) is 4.46. The molecule has 0 aromatic carbocycles. The van der Waals surface area contributed by atoms with Crippen LogP contribution in [0.25, 0.3) is 0 Å². The second-order valence-corrected chi connectivity index (χ2v) is 3.54. The van der Waals surface area contributed by atoms with E-state index in [0.29, 0.717) is 0 Å². The summed E-state index contributed by atoms with van der Waals surface area (Å²) in [5.74, 6) is 0. The van der Waals surface area contributed by atoms with Crippen LogP contribution in [0, 0.1) is 6.42 Å². The number of rotatable bonds is 5. The van der Waals surface area contributed by atoms with Crippen molar-refractivity contribution >= 4 is 0 Å². The van der Waals surface area contributed by atoms with E-state index < -0.39 is 0 Å². The molecule has 0 aromatic rings. The summed E-state index contributed by atoms with van der Waals surface area (Å²) >= 11 is 0. The largest absolute Gasteiger partial charge is 0.0761 e. The third-order valence-corrected chi connectivity index (χ3v) is 2.45. The maximum absolute atomic E-state index is 2.26. The number of unbranched alkanes of at least 4 members (excludes halogenated alkanes) is 3. The number of hydrogen-bond donors (Lipinski definition) is 0. The summed E-state index contributed by atoms with van der Waals surface area (Å²) in [4.78, 5) is 0. The minimum Gasteiger partial charge on any atom is -0.0761 e. The SMILES string of the molecule is CCCCCCC1=C(C)[CH]C=C1. The van der Waals surface area contributed by atoms with Gasteiger partial charge in [0.15, 0.2) is 0 Å². The lowest BCUT2D eigenvalue weighted by atomic mass is 10.0. The molecule has 1 aliphatic rings. The molecule has 0 heteroatoms. The second-order valence-electron chi connectivity index (χ2n) is 3.54. The van der Waals surface area contributed by atoms with Gasteiger partial charge in [-0.05, 0) is 25.3 Å². The van der Waals surface area contributed by atoms with Gasteiger partial charge in [0.2, 0.25) is 0 Å². The first kappa shape index (κ1) is 9.57. The molecule has 0 saturated heterocycles. The Morgan fingerprint density at radius 2 is 2.00 bits per heavy atom. The molecule has 1 aliphatic carbocycles. The molecule has 0 nitrogen and oxygen atoms in total. The fourth-order valence-corrected chi connectivity index (χ4v) is 1.57. The predicted molar refractivity (Wildman–Crippen MR) is 54.9 cm³/mol. The molecule has 0 aliphatic heterocycles. The summed E-state index contributed by atoms with van der Waals surface area (Å²) in [6.07, 6.45) is 13.4.